The molecular formula is C8H5Cl2N3O2S. The number of halogens is 2. The van der Waals surface area contributed by atoms with E-state index in [0.29, 0.717) is 10.2 Å². The first-order valence-electron chi connectivity index (χ1n) is 4.07. The molecule has 0 fully saturated rings. The van der Waals surface area contributed by atoms with Crippen LogP contribution in [0.5, 0.6) is 0 Å². The molecule has 8 heteroatoms. The van der Waals surface area contributed by atoms with Crippen LogP contribution in [0.2, 0.25) is 10.2 Å². The molecule has 0 aromatic carbocycles. The van der Waals surface area contributed by atoms with E-state index in [1.54, 1.807) is 6.20 Å². The molecule has 0 N–H and O–H groups in total. The number of nitrogens with zero attached hydrogens (tertiary/aromatic N) is 3. The Labute approximate surface area is 105 Å². The lowest BCUT2D eigenvalue weighted by Crippen LogP contribution is -1.98. The van der Waals surface area contributed by atoms with Crippen molar-refractivity contribution < 1.29 is 9.53 Å². The summed E-state index contributed by atoms with van der Waals surface area (Å²) < 4.78 is 6.00. The second-order valence-corrected chi connectivity index (χ2v) is 4.48. The Kier molecular flexibility index (Phi) is 3.13. The number of carbonyl (C=O) groups excluding carboxylic acids is 1. The molecule has 0 spiro atoms. The van der Waals surface area contributed by atoms with Crippen LogP contribution in [0, 0.1) is 0 Å². The largest absolute Gasteiger partial charge is 0.465 e. The van der Waals surface area contributed by atoms with Gasteiger partial charge < -0.3 is 4.74 Å². The molecule has 0 aliphatic heterocycles. The van der Waals surface area contributed by atoms with Crippen LogP contribution in [0.3, 0.4) is 0 Å². The third-order valence-corrected chi connectivity index (χ3v) is 3.30. The Bertz CT molecular complexity index is 537. The molecular weight excluding hydrogens is 273 g/mol. The van der Waals surface area contributed by atoms with E-state index in [-0.39, 0.29) is 10.0 Å². The summed E-state index contributed by atoms with van der Waals surface area (Å²) in [6.45, 7) is 0. The van der Waals surface area contributed by atoms with E-state index in [0.717, 1.165) is 11.3 Å². The highest BCUT2D eigenvalue weighted by atomic mass is 35.5. The van der Waals surface area contributed by atoms with Gasteiger partial charge in [0.05, 0.1) is 24.5 Å². The molecule has 2 heterocycles. The van der Waals surface area contributed by atoms with Crippen molar-refractivity contribution in [3.63, 3.8) is 0 Å². The second-order valence-electron chi connectivity index (χ2n) is 2.71. The van der Waals surface area contributed by atoms with Crippen LogP contribution in [0.15, 0.2) is 12.4 Å². The molecule has 0 aliphatic rings. The van der Waals surface area contributed by atoms with Gasteiger partial charge in [0.15, 0.2) is 10.0 Å². The second kappa shape index (κ2) is 4.40. The number of hydrogen-bond donors (Lipinski definition) is 0. The average Bonchev–Trinajstić information content (AvgIpc) is 2.83. The van der Waals surface area contributed by atoms with Crippen molar-refractivity contribution >= 4 is 40.5 Å². The summed E-state index contributed by atoms with van der Waals surface area (Å²) in [5.41, 5.74) is 0. The molecule has 2 aromatic rings. The van der Waals surface area contributed by atoms with Gasteiger partial charge in [0.2, 0.25) is 5.13 Å². The summed E-state index contributed by atoms with van der Waals surface area (Å²) in [4.78, 5) is 15.5. The summed E-state index contributed by atoms with van der Waals surface area (Å²) in [7, 11) is 1.28. The summed E-state index contributed by atoms with van der Waals surface area (Å²) in [6, 6.07) is 0. The van der Waals surface area contributed by atoms with Crippen molar-refractivity contribution in [3.8, 4) is 5.13 Å². The topological polar surface area (TPSA) is 57.0 Å². The van der Waals surface area contributed by atoms with Crippen LogP contribution in [0.1, 0.15) is 9.67 Å². The van der Waals surface area contributed by atoms with E-state index in [9.17, 15) is 4.79 Å². The van der Waals surface area contributed by atoms with Gasteiger partial charge in [0.25, 0.3) is 0 Å². The number of hydrogen-bond acceptors (Lipinski definition) is 5. The number of aromatic nitrogens is 3. The van der Waals surface area contributed by atoms with E-state index in [1.165, 1.54) is 18.0 Å². The molecule has 0 aliphatic carbocycles. The summed E-state index contributed by atoms with van der Waals surface area (Å²) in [6.07, 6.45) is 3.03. The van der Waals surface area contributed by atoms with E-state index >= 15 is 0 Å². The molecule has 0 amide bonds. The number of methoxy groups -OCH3 is 1. The van der Waals surface area contributed by atoms with Gasteiger partial charge in [-0.1, -0.05) is 34.5 Å². The quantitative estimate of drug-likeness (QED) is 0.791. The van der Waals surface area contributed by atoms with Crippen molar-refractivity contribution in [1.82, 2.24) is 14.8 Å². The van der Waals surface area contributed by atoms with Crippen molar-refractivity contribution in [3.05, 3.63) is 27.4 Å². The predicted octanol–water partition coefficient (Wildman–Crippen LogP) is 2.42. The van der Waals surface area contributed by atoms with E-state index in [4.69, 9.17) is 23.2 Å². The Balaban J connectivity index is 2.41. The summed E-state index contributed by atoms with van der Waals surface area (Å²) >= 11 is 12.6. The van der Waals surface area contributed by atoms with Gasteiger partial charge in [-0.15, -0.1) is 0 Å². The zero-order chi connectivity index (χ0) is 11.7. The molecule has 0 atom stereocenters. The first-order chi connectivity index (χ1) is 7.61. The standard InChI is InChI=1S/C8H5Cl2N3O2S/c1-15-7(14)5-6(10)12-8(16-5)13-3-4(9)2-11-13/h2-3H,1H3. The number of thiazole rings is 1. The molecule has 0 radical (unpaired) electrons. The maximum atomic E-state index is 11.3. The minimum Gasteiger partial charge on any atom is -0.465 e. The Morgan fingerprint density at radius 3 is 2.88 bits per heavy atom. The number of carbonyl (C=O) groups is 1. The van der Waals surface area contributed by atoms with Crippen LogP contribution >= 0.6 is 34.5 Å². The third kappa shape index (κ3) is 2.04. The van der Waals surface area contributed by atoms with Crippen molar-refractivity contribution in [1.29, 1.82) is 0 Å². The average molecular weight is 278 g/mol. The molecule has 2 aromatic heterocycles. The molecule has 84 valence electrons. The van der Waals surface area contributed by atoms with Gasteiger partial charge in [-0.05, 0) is 0 Å². The van der Waals surface area contributed by atoms with Gasteiger partial charge >= 0.3 is 5.97 Å². The highest BCUT2D eigenvalue weighted by Crippen LogP contribution is 2.26. The molecule has 5 nitrogen and oxygen atoms in total. The molecule has 0 saturated carbocycles. The maximum absolute atomic E-state index is 11.3. The summed E-state index contributed by atoms with van der Waals surface area (Å²) in [5.74, 6) is -0.521. The molecule has 16 heavy (non-hydrogen) atoms. The fourth-order valence-corrected chi connectivity index (χ4v) is 2.28. The first-order valence-corrected chi connectivity index (χ1v) is 5.64. The van der Waals surface area contributed by atoms with Crippen LogP contribution in [0.25, 0.3) is 5.13 Å². The van der Waals surface area contributed by atoms with Crippen molar-refractivity contribution in [2.45, 2.75) is 0 Å². The van der Waals surface area contributed by atoms with Gasteiger partial charge in [0, 0.05) is 0 Å². The Morgan fingerprint density at radius 2 is 2.31 bits per heavy atom. The minimum atomic E-state index is -0.521. The van der Waals surface area contributed by atoms with Gasteiger partial charge in [0.1, 0.15) is 0 Å². The fraction of sp³-hybridized carbons (Fsp3) is 0.125. The normalized spacial score (nSPS) is 10.4. The maximum Gasteiger partial charge on any atom is 0.351 e. The van der Waals surface area contributed by atoms with Gasteiger partial charge in [-0.25, -0.2) is 14.5 Å². The SMILES string of the molecule is COC(=O)c1sc(-n2cc(Cl)cn2)nc1Cl. The smallest absolute Gasteiger partial charge is 0.351 e. The lowest BCUT2D eigenvalue weighted by Gasteiger charge is -1.92. The predicted molar refractivity (Wildman–Crippen MR) is 60.6 cm³/mol. The lowest BCUT2D eigenvalue weighted by atomic mass is 10.6. The van der Waals surface area contributed by atoms with Gasteiger partial charge in [-0.2, -0.15) is 5.10 Å². The van der Waals surface area contributed by atoms with Crippen LogP contribution < -0.4 is 0 Å². The van der Waals surface area contributed by atoms with Crippen molar-refractivity contribution in [2.24, 2.45) is 0 Å². The third-order valence-electron chi connectivity index (χ3n) is 1.69. The monoisotopic (exact) mass is 277 g/mol. The van der Waals surface area contributed by atoms with Crippen LogP contribution in [0.4, 0.5) is 0 Å². The Hall–Kier alpha value is -1.11. The lowest BCUT2D eigenvalue weighted by molar-refractivity contribution is 0.0606. The molecule has 0 bridgehead atoms. The van der Waals surface area contributed by atoms with E-state index < -0.39 is 5.97 Å². The molecule has 0 saturated heterocycles. The fourth-order valence-electron chi connectivity index (χ4n) is 1.01. The Morgan fingerprint density at radius 1 is 1.56 bits per heavy atom. The molecule has 0 unspecified atom stereocenters. The van der Waals surface area contributed by atoms with Gasteiger partial charge in [-0.3, -0.25) is 0 Å². The summed E-state index contributed by atoms with van der Waals surface area (Å²) in [5, 5.41) is 4.98. The zero-order valence-corrected chi connectivity index (χ0v) is 10.3. The van der Waals surface area contributed by atoms with E-state index in [2.05, 4.69) is 14.8 Å². The highest BCUT2D eigenvalue weighted by Gasteiger charge is 2.18. The van der Waals surface area contributed by atoms with Crippen molar-refractivity contribution in [2.75, 3.05) is 7.11 Å². The zero-order valence-electron chi connectivity index (χ0n) is 7.98. The van der Waals surface area contributed by atoms with Crippen LogP contribution in [-0.4, -0.2) is 27.8 Å². The first kappa shape index (κ1) is 11.4. The highest BCUT2D eigenvalue weighted by molar-refractivity contribution is 7.16. The van der Waals surface area contributed by atoms with Crippen LogP contribution in [-0.2, 0) is 4.74 Å². The van der Waals surface area contributed by atoms with E-state index in [1.807, 2.05) is 0 Å². The number of rotatable bonds is 2. The minimum absolute atomic E-state index is 0.0958. The molecule has 2 rings (SSSR count). The number of esters is 1. The number of ether oxygens (including phenoxy) is 1.